The Morgan fingerprint density at radius 2 is 2.25 bits per heavy atom. The van der Waals surface area contributed by atoms with Gasteiger partial charge in [0.25, 0.3) is 0 Å². The Labute approximate surface area is 72.1 Å². The highest BCUT2D eigenvalue weighted by atomic mass is 16.5. The Bertz CT molecular complexity index is 198. The van der Waals surface area contributed by atoms with Crippen molar-refractivity contribution in [3.05, 3.63) is 0 Å². The van der Waals surface area contributed by atoms with Crippen molar-refractivity contribution in [2.45, 2.75) is 39.2 Å². The van der Waals surface area contributed by atoms with Gasteiger partial charge in [0.1, 0.15) is 0 Å². The van der Waals surface area contributed by atoms with E-state index in [2.05, 4.69) is 6.92 Å². The first-order valence-corrected chi connectivity index (χ1v) is 4.29. The summed E-state index contributed by atoms with van der Waals surface area (Å²) in [4.78, 5) is 21.8. The number of ether oxygens (including phenoxy) is 1. The lowest BCUT2D eigenvalue weighted by Crippen LogP contribution is -2.32. The van der Waals surface area contributed by atoms with Crippen molar-refractivity contribution in [2.75, 3.05) is 0 Å². The van der Waals surface area contributed by atoms with Gasteiger partial charge in [0, 0.05) is 13.3 Å². The Kier molecular flexibility index (Phi) is 2.84. The summed E-state index contributed by atoms with van der Waals surface area (Å²) in [6.07, 6.45) is 1.71. The van der Waals surface area contributed by atoms with Crippen LogP contribution < -0.4 is 0 Å². The van der Waals surface area contributed by atoms with Gasteiger partial charge in [-0.1, -0.05) is 6.92 Å². The van der Waals surface area contributed by atoms with E-state index in [9.17, 15) is 9.59 Å². The van der Waals surface area contributed by atoms with Crippen LogP contribution in [-0.2, 0) is 14.3 Å². The largest absolute Gasteiger partial charge is 0.455 e. The molecule has 1 aliphatic rings. The highest BCUT2D eigenvalue weighted by Crippen LogP contribution is 2.23. The van der Waals surface area contributed by atoms with Crippen molar-refractivity contribution in [2.24, 2.45) is 5.92 Å². The fourth-order valence-corrected chi connectivity index (χ4v) is 1.48. The van der Waals surface area contributed by atoms with Gasteiger partial charge in [-0.05, 0) is 18.8 Å². The number of carbonyl (C=O) groups is 2. The molecule has 0 heterocycles. The Hall–Kier alpha value is -0.860. The lowest BCUT2D eigenvalue weighted by Gasteiger charge is -2.24. The van der Waals surface area contributed by atoms with Crippen LogP contribution in [0, 0.1) is 5.92 Å². The molecule has 1 fully saturated rings. The zero-order valence-corrected chi connectivity index (χ0v) is 7.50. The quantitative estimate of drug-likeness (QED) is 0.557. The van der Waals surface area contributed by atoms with Crippen molar-refractivity contribution >= 4 is 11.8 Å². The molecule has 0 aromatic carbocycles. The van der Waals surface area contributed by atoms with E-state index in [1.165, 1.54) is 6.92 Å². The van der Waals surface area contributed by atoms with Gasteiger partial charge in [-0.15, -0.1) is 0 Å². The van der Waals surface area contributed by atoms with Gasteiger partial charge in [-0.3, -0.25) is 9.59 Å². The molecule has 0 amide bonds. The van der Waals surface area contributed by atoms with Gasteiger partial charge in [-0.2, -0.15) is 0 Å². The number of carbonyl (C=O) groups excluding carboxylic acids is 2. The molecule has 1 rings (SSSR count). The summed E-state index contributed by atoms with van der Waals surface area (Å²) >= 11 is 0. The van der Waals surface area contributed by atoms with Crippen LogP contribution in [0.25, 0.3) is 0 Å². The van der Waals surface area contributed by atoms with E-state index in [0.29, 0.717) is 18.8 Å². The van der Waals surface area contributed by atoms with E-state index in [4.69, 9.17) is 4.74 Å². The minimum Gasteiger partial charge on any atom is -0.455 e. The molecule has 0 aromatic heterocycles. The van der Waals surface area contributed by atoms with Gasteiger partial charge in [0.05, 0.1) is 0 Å². The molecular formula is C9H14O3. The van der Waals surface area contributed by atoms with E-state index in [1.54, 1.807) is 0 Å². The molecule has 3 nitrogen and oxygen atoms in total. The monoisotopic (exact) mass is 170 g/mol. The normalized spacial score (nSPS) is 30.0. The van der Waals surface area contributed by atoms with Crippen LogP contribution in [-0.4, -0.2) is 17.9 Å². The summed E-state index contributed by atoms with van der Waals surface area (Å²) < 4.78 is 4.89. The molecule has 0 unspecified atom stereocenters. The topological polar surface area (TPSA) is 43.4 Å². The number of ketones is 1. The van der Waals surface area contributed by atoms with Gasteiger partial charge < -0.3 is 4.74 Å². The number of esters is 1. The fourth-order valence-electron chi connectivity index (χ4n) is 1.48. The second-order valence-electron chi connectivity index (χ2n) is 3.44. The average molecular weight is 170 g/mol. The first-order chi connectivity index (χ1) is 5.59. The molecule has 0 spiro atoms. The number of hydrogen-bond donors (Lipinski definition) is 0. The molecule has 68 valence electrons. The smallest absolute Gasteiger partial charge is 0.303 e. The van der Waals surface area contributed by atoms with Crippen molar-refractivity contribution < 1.29 is 14.3 Å². The van der Waals surface area contributed by atoms with E-state index < -0.39 is 6.10 Å². The zero-order chi connectivity index (χ0) is 9.14. The van der Waals surface area contributed by atoms with Crippen LogP contribution in [0.15, 0.2) is 0 Å². The van der Waals surface area contributed by atoms with Gasteiger partial charge in [0.2, 0.25) is 0 Å². The lowest BCUT2D eigenvalue weighted by molar-refractivity contribution is -0.155. The van der Waals surface area contributed by atoms with E-state index in [0.717, 1.165) is 6.42 Å². The zero-order valence-electron chi connectivity index (χ0n) is 7.50. The number of rotatable bonds is 1. The molecule has 0 aromatic rings. The summed E-state index contributed by atoms with van der Waals surface area (Å²) in [7, 11) is 0. The average Bonchev–Trinajstić information content (AvgIpc) is 1.96. The van der Waals surface area contributed by atoms with E-state index in [-0.39, 0.29) is 11.8 Å². The third kappa shape index (κ3) is 2.32. The summed E-state index contributed by atoms with van der Waals surface area (Å²) in [5.74, 6) is 0.206. The van der Waals surface area contributed by atoms with Crippen LogP contribution in [0.1, 0.15) is 33.1 Å². The summed E-state index contributed by atoms with van der Waals surface area (Å²) in [6.45, 7) is 3.41. The number of Topliss-reactive ketones (excluding diaryl/α,β-unsaturated/α-hetero) is 1. The van der Waals surface area contributed by atoms with Gasteiger partial charge in [0.15, 0.2) is 11.9 Å². The minimum absolute atomic E-state index is 0.0725. The van der Waals surface area contributed by atoms with Crippen LogP contribution in [0.3, 0.4) is 0 Å². The van der Waals surface area contributed by atoms with Crippen molar-refractivity contribution in [3.8, 4) is 0 Å². The van der Waals surface area contributed by atoms with Crippen LogP contribution in [0.4, 0.5) is 0 Å². The molecule has 0 radical (unpaired) electrons. The maximum Gasteiger partial charge on any atom is 0.303 e. The molecule has 3 heteroatoms. The third-order valence-corrected chi connectivity index (χ3v) is 2.17. The lowest BCUT2D eigenvalue weighted by atomic mass is 9.88. The molecule has 12 heavy (non-hydrogen) atoms. The minimum atomic E-state index is -0.466. The van der Waals surface area contributed by atoms with E-state index in [1.807, 2.05) is 0 Å². The van der Waals surface area contributed by atoms with Gasteiger partial charge >= 0.3 is 5.97 Å². The molecule has 1 aliphatic carbocycles. The molecule has 2 atom stereocenters. The maximum atomic E-state index is 11.2. The van der Waals surface area contributed by atoms with Crippen LogP contribution in [0.5, 0.6) is 0 Å². The van der Waals surface area contributed by atoms with Crippen LogP contribution >= 0.6 is 0 Å². The Morgan fingerprint density at radius 3 is 2.83 bits per heavy atom. The molecule has 0 aliphatic heterocycles. The first kappa shape index (κ1) is 9.23. The summed E-state index contributed by atoms with van der Waals surface area (Å²) in [6, 6.07) is 0. The standard InChI is InChI=1S/C9H14O3/c1-6-3-4-8(11)9(5-6)12-7(2)10/h6,9H,3-5H2,1-2H3/t6-,9+/m1/s1. The molecule has 1 saturated carbocycles. The highest BCUT2D eigenvalue weighted by Gasteiger charge is 2.28. The predicted molar refractivity (Wildman–Crippen MR) is 43.6 cm³/mol. The van der Waals surface area contributed by atoms with Crippen LogP contribution in [0.2, 0.25) is 0 Å². The second kappa shape index (κ2) is 3.70. The molecule has 0 N–H and O–H groups in total. The Balaban J connectivity index is 2.49. The molecule has 0 saturated heterocycles. The summed E-state index contributed by atoms with van der Waals surface area (Å²) in [5.41, 5.74) is 0. The molecule has 0 bridgehead atoms. The first-order valence-electron chi connectivity index (χ1n) is 4.29. The van der Waals surface area contributed by atoms with Crippen molar-refractivity contribution in [1.82, 2.24) is 0 Å². The highest BCUT2D eigenvalue weighted by molar-refractivity contribution is 5.85. The Morgan fingerprint density at radius 1 is 1.58 bits per heavy atom. The molecular weight excluding hydrogens is 156 g/mol. The predicted octanol–water partition coefficient (Wildman–Crippen LogP) is 1.31. The van der Waals surface area contributed by atoms with Crippen molar-refractivity contribution in [1.29, 1.82) is 0 Å². The van der Waals surface area contributed by atoms with E-state index >= 15 is 0 Å². The maximum absolute atomic E-state index is 11.2. The second-order valence-corrected chi connectivity index (χ2v) is 3.44. The third-order valence-electron chi connectivity index (χ3n) is 2.17. The summed E-state index contributed by atoms with van der Waals surface area (Å²) in [5, 5.41) is 0. The fraction of sp³-hybridized carbons (Fsp3) is 0.778. The SMILES string of the molecule is CC(=O)O[C@H]1C[C@H](C)CCC1=O. The van der Waals surface area contributed by atoms with Gasteiger partial charge in [-0.25, -0.2) is 0 Å². The van der Waals surface area contributed by atoms with Crippen molar-refractivity contribution in [3.63, 3.8) is 0 Å². The number of hydrogen-bond acceptors (Lipinski definition) is 3.